The van der Waals surface area contributed by atoms with E-state index in [0.717, 1.165) is 4.90 Å². The molecule has 0 aliphatic carbocycles. The second-order valence-electron chi connectivity index (χ2n) is 1.74. The minimum atomic E-state index is 0. The monoisotopic (exact) mass is 186 g/mol. The van der Waals surface area contributed by atoms with Crippen molar-refractivity contribution in [3.8, 4) is 0 Å². The van der Waals surface area contributed by atoms with E-state index in [9.17, 15) is 0 Å². The molecule has 0 nitrogen and oxygen atoms in total. The lowest BCUT2D eigenvalue weighted by atomic mass is 10.4. The Kier molecular flexibility index (Phi) is 11.6. The van der Waals surface area contributed by atoms with Gasteiger partial charge < -0.3 is 0 Å². The van der Waals surface area contributed by atoms with Gasteiger partial charge in [-0.3, -0.25) is 0 Å². The van der Waals surface area contributed by atoms with Crippen LogP contribution in [0.4, 0.5) is 0 Å². The molecule has 0 heterocycles. The molecule has 0 radical (unpaired) electrons. The summed E-state index contributed by atoms with van der Waals surface area (Å²) in [5, 5.41) is 0. The van der Waals surface area contributed by atoms with Gasteiger partial charge in [0.2, 0.25) is 0 Å². The first-order valence-electron chi connectivity index (χ1n) is 3.12. The van der Waals surface area contributed by atoms with Crippen LogP contribution in [0, 0.1) is 0 Å². The van der Waals surface area contributed by atoms with Crippen LogP contribution in [0.1, 0.15) is 6.92 Å². The highest BCUT2D eigenvalue weighted by Crippen LogP contribution is 2.00. The molecule has 0 saturated heterocycles. The Labute approximate surface area is 81.2 Å². The van der Waals surface area contributed by atoms with Gasteiger partial charge in [0.1, 0.15) is 0 Å². The van der Waals surface area contributed by atoms with Gasteiger partial charge in [0, 0.05) is 4.90 Å². The first-order chi connectivity index (χ1) is 4.81. The molecule has 0 fully saturated rings. The second kappa shape index (κ2) is 9.66. The third-order valence-electron chi connectivity index (χ3n) is 0.756. The molecule has 0 bridgehead atoms. The molecule has 0 aromatic heterocycles. The van der Waals surface area contributed by atoms with Crippen LogP contribution in [-0.4, -0.2) is 0 Å². The normalized spacial score (nSPS) is 6.73. The predicted molar refractivity (Wildman–Crippen MR) is 59.9 cm³/mol. The molecule has 0 atom stereocenters. The summed E-state index contributed by atoms with van der Waals surface area (Å²) in [6.45, 7) is 5.25. The van der Waals surface area contributed by atoms with E-state index in [2.05, 4.69) is 19.2 Å². The van der Waals surface area contributed by atoms with Crippen molar-refractivity contribution >= 4 is 26.1 Å². The molecule has 2 heteroatoms. The van der Waals surface area contributed by atoms with Gasteiger partial charge in [-0.1, -0.05) is 24.3 Å². The second-order valence-corrected chi connectivity index (χ2v) is 2.26. The number of benzene rings is 1. The minimum Gasteiger partial charge on any atom is -0.197 e. The molecule has 62 valence electrons. The molecule has 11 heavy (non-hydrogen) atoms. The number of rotatable bonds is 0. The molecule has 0 unspecified atom stereocenters. The Morgan fingerprint density at radius 3 is 1.82 bits per heavy atom. The van der Waals surface area contributed by atoms with Gasteiger partial charge >= 0.3 is 0 Å². The quantitative estimate of drug-likeness (QED) is 0.466. The van der Waals surface area contributed by atoms with Crippen LogP contribution in [0.5, 0.6) is 0 Å². The van der Waals surface area contributed by atoms with Crippen molar-refractivity contribution in [1.29, 1.82) is 0 Å². The third kappa shape index (κ3) is 9.66. The molecule has 0 aliphatic rings. The molecule has 0 spiro atoms. The van der Waals surface area contributed by atoms with Gasteiger partial charge in [0.15, 0.2) is 0 Å². The van der Waals surface area contributed by atoms with Crippen LogP contribution in [0.25, 0.3) is 0 Å². The predicted octanol–water partition coefficient (Wildman–Crippen LogP) is 3.28. The molecule has 0 amide bonds. The molecular formula is C9H14S2. The topological polar surface area (TPSA) is 0 Å². The fourth-order valence-corrected chi connectivity index (χ4v) is 0.600. The lowest BCUT2D eigenvalue weighted by Crippen LogP contribution is -1.56. The third-order valence-corrected chi connectivity index (χ3v) is 1.05. The van der Waals surface area contributed by atoms with Crippen molar-refractivity contribution in [3.05, 3.63) is 43.0 Å². The number of thiol groups is 1. The highest BCUT2D eigenvalue weighted by molar-refractivity contribution is 7.80. The Morgan fingerprint density at radius 1 is 1.27 bits per heavy atom. The lowest BCUT2D eigenvalue weighted by Gasteiger charge is -1.81. The maximum Gasteiger partial charge on any atom is 0.00399 e. The summed E-state index contributed by atoms with van der Waals surface area (Å²) in [7, 11) is 0. The molecule has 1 rings (SSSR count). The number of hydrogen-bond donors (Lipinski definition) is 1. The average molecular weight is 186 g/mol. The van der Waals surface area contributed by atoms with Crippen LogP contribution < -0.4 is 0 Å². The summed E-state index contributed by atoms with van der Waals surface area (Å²) in [6.07, 6.45) is 1.75. The van der Waals surface area contributed by atoms with Gasteiger partial charge in [-0.15, -0.1) is 19.2 Å². The average Bonchev–Trinajstić information content (AvgIpc) is 1.91. The zero-order chi connectivity index (χ0) is 7.82. The van der Waals surface area contributed by atoms with Crippen molar-refractivity contribution in [3.63, 3.8) is 0 Å². The lowest BCUT2D eigenvalue weighted by molar-refractivity contribution is 1.48. The Balaban J connectivity index is 0. The largest absolute Gasteiger partial charge is 0.197 e. The van der Waals surface area contributed by atoms with Crippen LogP contribution in [0.3, 0.4) is 0 Å². The highest BCUT2D eigenvalue weighted by atomic mass is 32.1. The Morgan fingerprint density at radius 2 is 1.64 bits per heavy atom. The number of allylic oxidation sites excluding steroid dienone is 1. The van der Waals surface area contributed by atoms with Gasteiger partial charge in [0.25, 0.3) is 0 Å². The Bertz CT molecular complexity index is 170. The Hall–Kier alpha value is -0.340. The van der Waals surface area contributed by atoms with Crippen molar-refractivity contribution in [2.75, 3.05) is 0 Å². The van der Waals surface area contributed by atoms with Crippen molar-refractivity contribution < 1.29 is 0 Å². The maximum atomic E-state index is 4.08. The molecule has 1 aromatic carbocycles. The van der Waals surface area contributed by atoms with Crippen LogP contribution in [0.2, 0.25) is 0 Å². The van der Waals surface area contributed by atoms with E-state index in [4.69, 9.17) is 0 Å². The van der Waals surface area contributed by atoms with E-state index in [1.54, 1.807) is 6.08 Å². The SMILES string of the molecule is C=CC.S.Sc1ccccc1. The fraction of sp³-hybridized carbons (Fsp3) is 0.111. The smallest absolute Gasteiger partial charge is 0.00399 e. The van der Waals surface area contributed by atoms with Crippen LogP contribution in [-0.2, 0) is 0 Å². The summed E-state index contributed by atoms with van der Waals surface area (Å²) in [4.78, 5) is 1.02. The minimum absolute atomic E-state index is 0. The van der Waals surface area contributed by atoms with E-state index in [1.807, 2.05) is 37.3 Å². The summed E-state index contributed by atoms with van der Waals surface area (Å²) >= 11 is 4.08. The van der Waals surface area contributed by atoms with E-state index < -0.39 is 0 Å². The fourth-order valence-electron chi connectivity index (χ4n) is 0.428. The van der Waals surface area contributed by atoms with Crippen molar-refractivity contribution in [1.82, 2.24) is 0 Å². The van der Waals surface area contributed by atoms with Crippen molar-refractivity contribution in [2.45, 2.75) is 11.8 Å². The van der Waals surface area contributed by atoms with Crippen LogP contribution >= 0.6 is 26.1 Å². The first kappa shape index (κ1) is 13.3. The van der Waals surface area contributed by atoms with Gasteiger partial charge in [0.05, 0.1) is 0 Å². The van der Waals surface area contributed by atoms with E-state index in [0.29, 0.717) is 0 Å². The van der Waals surface area contributed by atoms with Crippen LogP contribution in [0.15, 0.2) is 47.9 Å². The number of hydrogen-bond acceptors (Lipinski definition) is 1. The summed E-state index contributed by atoms with van der Waals surface area (Å²) < 4.78 is 0. The van der Waals surface area contributed by atoms with E-state index in [1.165, 1.54) is 0 Å². The van der Waals surface area contributed by atoms with Gasteiger partial charge in [-0.05, 0) is 19.1 Å². The summed E-state index contributed by atoms with van der Waals surface area (Å²) in [6, 6.07) is 9.79. The zero-order valence-corrected chi connectivity index (χ0v) is 8.51. The maximum absolute atomic E-state index is 4.08. The standard InChI is InChI=1S/C6H6S.C3H6.H2S/c7-6-4-2-1-3-5-6;1-3-2;/h1-5,7H;3H,1H2,2H3;1H2. The summed E-state index contributed by atoms with van der Waals surface area (Å²) in [5.74, 6) is 0. The van der Waals surface area contributed by atoms with Gasteiger partial charge in [-0.2, -0.15) is 13.5 Å². The van der Waals surface area contributed by atoms with E-state index in [-0.39, 0.29) is 13.5 Å². The highest BCUT2D eigenvalue weighted by Gasteiger charge is 1.73. The molecule has 1 aromatic rings. The molecule has 0 aliphatic heterocycles. The molecular weight excluding hydrogens is 172 g/mol. The first-order valence-corrected chi connectivity index (χ1v) is 3.57. The zero-order valence-electron chi connectivity index (χ0n) is 6.62. The summed E-state index contributed by atoms with van der Waals surface area (Å²) in [5.41, 5.74) is 0. The van der Waals surface area contributed by atoms with Gasteiger partial charge in [-0.25, -0.2) is 0 Å². The molecule has 0 N–H and O–H groups in total. The molecule has 0 saturated carbocycles. The van der Waals surface area contributed by atoms with E-state index >= 15 is 0 Å². The van der Waals surface area contributed by atoms with Crippen molar-refractivity contribution in [2.24, 2.45) is 0 Å².